The van der Waals surface area contributed by atoms with Crippen molar-refractivity contribution in [3.8, 4) is 0 Å². The number of amides is 1. The standard InChI is InChI=1S/C18H19NO3S/c1-3-19(14-8-6-7-13(2)11-14)17(20)12-23-16-10-5-4-9-15(16)18(21)22/h4-11H,3,12H2,1-2H3,(H,21,22)/p-1. The number of aromatic carboxylic acids is 1. The summed E-state index contributed by atoms with van der Waals surface area (Å²) in [5.41, 5.74) is 2.05. The second kappa shape index (κ2) is 7.83. The predicted molar refractivity (Wildman–Crippen MR) is 90.7 cm³/mol. The lowest BCUT2D eigenvalue weighted by atomic mass is 10.2. The summed E-state index contributed by atoms with van der Waals surface area (Å²) in [4.78, 5) is 25.8. The molecule has 0 aromatic heterocycles. The molecule has 0 saturated heterocycles. The van der Waals surface area contributed by atoms with Crippen LogP contribution in [0.5, 0.6) is 0 Å². The fourth-order valence-corrected chi connectivity index (χ4v) is 3.19. The van der Waals surface area contributed by atoms with Crippen molar-refractivity contribution in [3.05, 3.63) is 59.7 Å². The predicted octanol–water partition coefficient (Wildman–Crippen LogP) is 2.50. The molecule has 23 heavy (non-hydrogen) atoms. The molecule has 5 heteroatoms. The van der Waals surface area contributed by atoms with E-state index in [1.165, 1.54) is 17.8 Å². The molecule has 0 radical (unpaired) electrons. The molecule has 0 aliphatic rings. The molecule has 0 saturated carbocycles. The minimum Gasteiger partial charge on any atom is -0.545 e. The van der Waals surface area contributed by atoms with Gasteiger partial charge in [-0.2, -0.15) is 0 Å². The highest BCUT2D eigenvalue weighted by molar-refractivity contribution is 8.00. The van der Waals surface area contributed by atoms with Crippen LogP contribution in [0, 0.1) is 6.92 Å². The second-order valence-corrected chi connectivity index (χ2v) is 6.07. The SMILES string of the molecule is CCN(C(=O)CSc1ccccc1C(=O)[O-])c1cccc(C)c1. The molecule has 0 aliphatic carbocycles. The van der Waals surface area contributed by atoms with Gasteiger partial charge in [-0.3, -0.25) is 4.79 Å². The number of benzene rings is 2. The number of anilines is 1. The van der Waals surface area contributed by atoms with Gasteiger partial charge in [0.15, 0.2) is 0 Å². The second-order valence-electron chi connectivity index (χ2n) is 5.05. The van der Waals surface area contributed by atoms with E-state index in [1.807, 2.05) is 38.1 Å². The van der Waals surface area contributed by atoms with Crippen LogP contribution in [0.25, 0.3) is 0 Å². The van der Waals surface area contributed by atoms with E-state index in [0.29, 0.717) is 11.4 Å². The molecule has 2 aromatic carbocycles. The molecule has 0 atom stereocenters. The lowest BCUT2D eigenvalue weighted by molar-refractivity contribution is -0.255. The van der Waals surface area contributed by atoms with Gasteiger partial charge in [0.2, 0.25) is 5.91 Å². The van der Waals surface area contributed by atoms with Gasteiger partial charge in [-0.15, -0.1) is 11.8 Å². The number of carboxylic acids is 1. The maximum absolute atomic E-state index is 12.5. The van der Waals surface area contributed by atoms with Crippen LogP contribution in [0.4, 0.5) is 5.69 Å². The largest absolute Gasteiger partial charge is 0.545 e. The first-order valence-corrected chi connectivity index (χ1v) is 8.31. The molecular formula is C18H18NO3S-. The van der Waals surface area contributed by atoms with Gasteiger partial charge in [0, 0.05) is 22.7 Å². The average Bonchev–Trinajstić information content (AvgIpc) is 2.54. The number of hydrogen-bond donors (Lipinski definition) is 0. The van der Waals surface area contributed by atoms with Crippen molar-refractivity contribution in [1.82, 2.24) is 0 Å². The van der Waals surface area contributed by atoms with Gasteiger partial charge in [-0.25, -0.2) is 0 Å². The highest BCUT2D eigenvalue weighted by Gasteiger charge is 2.15. The zero-order chi connectivity index (χ0) is 16.8. The number of carbonyl (C=O) groups is 2. The Labute approximate surface area is 140 Å². The third-order valence-corrected chi connectivity index (χ3v) is 4.45. The fraction of sp³-hybridized carbons (Fsp3) is 0.222. The average molecular weight is 328 g/mol. The molecule has 0 N–H and O–H groups in total. The van der Waals surface area contributed by atoms with Crippen LogP contribution in [0.15, 0.2) is 53.4 Å². The summed E-state index contributed by atoms with van der Waals surface area (Å²) in [6.07, 6.45) is 0. The Morgan fingerprint density at radius 2 is 1.87 bits per heavy atom. The van der Waals surface area contributed by atoms with Crippen LogP contribution in [-0.4, -0.2) is 24.2 Å². The first-order chi connectivity index (χ1) is 11.0. The van der Waals surface area contributed by atoms with Gasteiger partial charge in [-0.05, 0) is 37.6 Å². The maximum Gasteiger partial charge on any atom is 0.237 e. The first-order valence-electron chi connectivity index (χ1n) is 7.33. The van der Waals surface area contributed by atoms with Gasteiger partial charge in [-0.1, -0.05) is 30.3 Å². The number of nitrogens with zero attached hydrogens (tertiary/aromatic N) is 1. The molecule has 2 aromatic rings. The minimum absolute atomic E-state index is 0.0590. The summed E-state index contributed by atoms with van der Waals surface area (Å²) in [6, 6.07) is 14.3. The van der Waals surface area contributed by atoms with E-state index in [4.69, 9.17) is 0 Å². The molecule has 0 heterocycles. The molecule has 1 amide bonds. The summed E-state index contributed by atoms with van der Waals surface area (Å²) in [5.74, 6) is -1.12. The van der Waals surface area contributed by atoms with E-state index in [9.17, 15) is 14.7 Å². The Morgan fingerprint density at radius 3 is 2.52 bits per heavy atom. The highest BCUT2D eigenvalue weighted by Crippen LogP contribution is 2.24. The van der Waals surface area contributed by atoms with Crippen LogP contribution in [-0.2, 0) is 4.79 Å². The molecule has 2 rings (SSSR count). The van der Waals surface area contributed by atoms with E-state index in [-0.39, 0.29) is 17.2 Å². The Balaban J connectivity index is 2.11. The number of rotatable bonds is 6. The molecule has 0 bridgehead atoms. The fourth-order valence-electron chi connectivity index (χ4n) is 2.28. The molecule has 0 unspecified atom stereocenters. The van der Waals surface area contributed by atoms with Crippen molar-refractivity contribution in [2.24, 2.45) is 0 Å². The number of carbonyl (C=O) groups excluding carboxylic acids is 2. The Hall–Kier alpha value is -2.27. The summed E-state index contributed by atoms with van der Waals surface area (Å²) >= 11 is 1.21. The van der Waals surface area contributed by atoms with Crippen molar-refractivity contribution in [2.75, 3.05) is 17.2 Å². The minimum atomic E-state index is -1.23. The van der Waals surface area contributed by atoms with Crippen LogP contribution < -0.4 is 10.0 Å². The smallest absolute Gasteiger partial charge is 0.237 e. The lowest BCUT2D eigenvalue weighted by Gasteiger charge is -2.21. The molecular weight excluding hydrogens is 310 g/mol. The third-order valence-electron chi connectivity index (χ3n) is 3.39. The topological polar surface area (TPSA) is 60.4 Å². The van der Waals surface area contributed by atoms with Crippen LogP contribution >= 0.6 is 11.8 Å². The summed E-state index contributed by atoms with van der Waals surface area (Å²) in [6.45, 7) is 4.46. The number of aryl methyl sites for hydroxylation is 1. The molecule has 120 valence electrons. The van der Waals surface area contributed by atoms with E-state index in [1.54, 1.807) is 23.1 Å². The van der Waals surface area contributed by atoms with Gasteiger partial charge in [0.05, 0.1) is 11.7 Å². The number of thioether (sulfide) groups is 1. The van der Waals surface area contributed by atoms with Crippen LogP contribution in [0.2, 0.25) is 0 Å². The molecule has 0 spiro atoms. The van der Waals surface area contributed by atoms with E-state index >= 15 is 0 Å². The number of hydrogen-bond acceptors (Lipinski definition) is 4. The van der Waals surface area contributed by atoms with Crippen molar-refractivity contribution >= 4 is 29.3 Å². The zero-order valence-electron chi connectivity index (χ0n) is 13.1. The summed E-state index contributed by atoms with van der Waals surface area (Å²) in [7, 11) is 0. The van der Waals surface area contributed by atoms with E-state index < -0.39 is 5.97 Å². The normalized spacial score (nSPS) is 10.3. The third kappa shape index (κ3) is 4.36. The molecule has 0 aliphatic heterocycles. The quantitative estimate of drug-likeness (QED) is 0.765. The number of carboxylic acid groups (broad SMARTS) is 1. The van der Waals surface area contributed by atoms with Crippen molar-refractivity contribution < 1.29 is 14.7 Å². The Bertz CT molecular complexity index is 715. The first kappa shape index (κ1) is 17.1. The van der Waals surface area contributed by atoms with Crippen molar-refractivity contribution in [1.29, 1.82) is 0 Å². The van der Waals surface area contributed by atoms with Gasteiger partial charge in [0.25, 0.3) is 0 Å². The summed E-state index contributed by atoms with van der Waals surface area (Å²) in [5, 5.41) is 11.1. The van der Waals surface area contributed by atoms with Crippen molar-refractivity contribution in [3.63, 3.8) is 0 Å². The Morgan fingerprint density at radius 1 is 1.13 bits per heavy atom. The highest BCUT2D eigenvalue weighted by atomic mass is 32.2. The lowest BCUT2D eigenvalue weighted by Crippen LogP contribution is -2.32. The Kier molecular flexibility index (Phi) is 5.82. The summed E-state index contributed by atoms with van der Waals surface area (Å²) < 4.78 is 0. The van der Waals surface area contributed by atoms with E-state index in [0.717, 1.165) is 11.3 Å². The molecule has 4 nitrogen and oxygen atoms in total. The zero-order valence-corrected chi connectivity index (χ0v) is 13.9. The van der Waals surface area contributed by atoms with E-state index in [2.05, 4.69) is 0 Å². The van der Waals surface area contributed by atoms with Gasteiger partial charge >= 0.3 is 0 Å². The van der Waals surface area contributed by atoms with Crippen molar-refractivity contribution in [2.45, 2.75) is 18.7 Å². The maximum atomic E-state index is 12.5. The van der Waals surface area contributed by atoms with Gasteiger partial charge < -0.3 is 14.8 Å². The van der Waals surface area contributed by atoms with Crippen LogP contribution in [0.1, 0.15) is 22.8 Å². The van der Waals surface area contributed by atoms with Crippen LogP contribution in [0.3, 0.4) is 0 Å². The van der Waals surface area contributed by atoms with Gasteiger partial charge in [0.1, 0.15) is 0 Å². The monoisotopic (exact) mass is 328 g/mol. The molecule has 0 fully saturated rings.